The average Bonchev–Trinajstić information content (AvgIpc) is 2.86. The van der Waals surface area contributed by atoms with Gasteiger partial charge in [-0.15, -0.1) is 0 Å². The number of hydrogen-bond donors (Lipinski definition) is 2. The number of carbonyl (C=O) groups is 2. The first kappa shape index (κ1) is 25.3. The predicted molar refractivity (Wildman–Crippen MR) is 127 cm³/mol. The second-order valence-corrected chi connectivity index (χ2v) is 8.77. The lowest BCUT2D eigenvalue weighted by molar-refractivity contribution is -0.384. The smallest absolute Gasteiger partial charge is 0.414 e. The number of nitrogens with zero attached hydrogens (tertiary/aromatic N) is 3. The van der Waals surface area contributed by atoms with E-state index in [4.69, 9.17) is 19.8 Å². The molecule has 0 spiro atoms. The van der Waals surface area contributed by atoms with Gasteiger partial charge in [0.1, 0.15) is 0 Å². The molecule has 1 aliphatic heterocycles. The molecule has 1 saturated heterocycles. The molecule has 182 valence electrons. The Kier molecular flexibility index (Phi) is 9.12. The molecule has 34 heavy (non-hydrogen) atoms. The second-order valence-electron chi connectivity index (χ2n) is 8.77. The van der Waals surface area contributed by atoms with Crippen LogP contribution in [0.15, 0.2) is 54.6 Å². The summed E-state index contributed by atoms with van der Waals surface area (Å²) in [6.07, 6.45) is 5.18. The van der Waals surface area contributed by atoms with Crippen molar-refractivity contribution in [3.8, 4) is 0 Å². The molecule has 0 radical (unpaired) electrons. The molecule has 0 bridgehead atoms. The van der Waals surface area contributed by atoms with E-state index < -0.39 is 11.9 Å². The first-order valence-electron chi connectivity index (χ1n) is 11.5. The van der Waals surface area contributed by atoms with Crippen molar-refractivity contribution in [3.63, 3.8) is 0 Å². The third-order valence-corrected chi connectivity index (χ3v) is 6.60. The molecule has 9 nitrogen and oxygen atoms in total. The van der Waals surface area contributed by atoms with Gasteiger partial charge in [-0.1, -0.05) is 42.5 Å². The van der Waals surface area contributed by atoms with E-state index in [1.165, 1.54) is 31.2 Å². The number of piperazine rings is 1. The van der Waals surface area contributed by atoms with Gasteiger partial charge in [-0.3, -0.25) is 19.9 Å². The molecule has 1 aliphatic carbocycles. The zero-order valence-corrected chi connectivity index (χ0v) is 19.1. The second kappa shape index (κ2) is 12.2. The van der Waals surface area contributed by atoms with Crippen LogP contribution in [0.2, 0.25) is 0 Å². The standard InChI is InChI=1S/C23H29N3O2.C2H2O4/c27-26(28)23-8-4-5-19(17-23)18-24-13-15-25(16-14-24)22-11-9-21(10-12-22)20-6-2-1-3-7-20;3-1(4)2(5)6/h1-8,17,21-22H,9-16,18H2;(H,3,4)(H,5,6). The van der Waals surface area contributed by atoms with Crippen molar-refractivity contribution in [2.75, 3.05) is 26.2 Å². The Hall–Kier alpha value is -3.30. The van der Waals surface area contributed by atoms with Gasteiger partial charge >= 0.3 is 11.9 Å². The van der Waals surface area contributed by atoms with E-state index in [1.807, 2.05) is 6.07 Å². The van der Waals surface area contributed by atoms with E-state index >= 15 is 0 Å². The molecule has 4 rings (SSSR count). The number of nitro groups is 1. The Morgan fingerprint density at radius 1 is 0.882 bits per heavy atom. The van der Waals surface area contributed by atoms with Crippen LogP contribution in [-0.4, -0.2) is 69.1 Å². The summed E-state index contributed by atoms with van der Waals surface area (Å²) in [5.41, 5.74) is 2.72. The topological polar surface area (TPSA) is 124 Å². The lowest BCUT2D eigenvalue weighted by Crippen LogP contribution is -2.50. The third kappa shape index (κ3) is 7.36. The lowest BCUT2D eigenvalue weighted by atomic mass is 9.81. The van der Waals surface area contributed by atoms with E-state index in [2.05, 4.69) is 40.1 Å². The molecule has 2 aromatic rings. The summed E-state index contributed by atoms with van der Waals surface area (Å²) in [7, 11) is 0. The molecule has 0 unspecified atom stereocenters. The van der Waals surface area contributed by atoms with Crippen LogP contribution >= 0.6 is 0 Å². The summed E-state index contributed by atoms with van der Waals surface area (Å²) in [5, 5.41) is 25.7. The number of rotatable bonds is 5. The van der Waals surface area contributed by atoms with Gasteiger partial charge in [0, 0.05) is 50.9 Å². The van der Waals surface area contributed by atoms with Gasteiger partial charge in [0.05, 0.1) is 4.92 Å². The highest BCUT2D eigenvalue weighted by Gasteiger charge is 2.28. The number of carboxylic acid groups (broad SMARTS) is 2. The molecule has 0 atom stereocenters. The Morgan fingerprint density at radius 2 is 1.50 bits per heavy atom. The van der Waals surface area contributed by atoms with E-state index in [0.717, 1.165) is 50.2 Å². The number of aliphatic carboxylic acids is 2. The Morgan fingerprint density at radius 3 is 2.06 bits per heavy atom. The monoisotopic (exact) mass is 469 g/mol. The van der Waals surface area contributed by atoms with Crippen LogP contribution < -0.4 is 0 Å². The molecule has 2 fully saturated rings. The van der Waals surface area contributed by atoms with Gasteiger partial charge in [0.2, 0.25) is 0 Å². The van der Waals surface area contributed by atoms with Gasteiger partial charge in [-0.2, -0.15) is 0 Å². The maximum absolute atomic E-state index is 11.0. The van der Waals surface area contributed by atoms with Crippen LogP contribution in [0.1, 0.15) is 42.7 Å². The Bertz CT molecular complexity index is 956. The summed E-state index contributed by atoms with van der Waals surface area (Å²) in [5.74, 6) is -2.92. The molecule has 2 N–H and O–H groups in total. The third-order valence-electron chi connectivity index (χ3n) is 6.60. The minimum Gasteiger partial charge on any atom is -0.473 e. The molecular weight excluding hydrogens is 438 g/mol. The maximum Gasteiger partial charge on any atom is 0.414 e. The van der Waals surface area contributed by atoms with E-state index in [-0.39, 0.29) is 10.6 Å². The van der Waals surface area contributed by atoms with Crippen molar-refractivity contribution in [1.29, 1.82) is 0 Å². The largest absolute Gasteiger partial charge is 0.473 e. The van der Waals surface area contributed by atoms with Gasteiger partial charge in [0.25, 0.3) is 5.69 Å². The summed E-state index contributed by atoms with van der Waals surface area (Å²) < 4.78 is 0. The highest BCUT2D eigenvalue weighted by molar-refractivity contribution is 6.27. The van der Waals surface area contributed by atoms with Crippen molar-refractivity contribution < 1.29 is 24.7 Å². The molecule has 2 aromatic carbocycles. The van der Waals surface area contributed by atoms with Crippen molar-refractivity contribution in [3.05, 3.63) is 75.8 Å². The first-order valence-corrected chi connectivity index (χ1v) is 11.5. The first-order chi connectivity index (χ1) is 16.3. The molecule has 1 heterocycles. The summed E-state index contributed by atoms with van der Waals surface area (Å²) >= 11 is 0. The fraction of sp³-hybridized carbons (Fsp3) is 0.440. The van der Waals surface area contributed by atoms with Crippen molar-refractivity contribution in [1.82, 2.24) is 9.80 Å². The number of carboxylic acids is 2. The van der Waals surface area contributed by atoms with Gasteiger partial charge in [0.15, 0.2) is 0 Å². The molecule has 1 saturated carbocycles. The summed E-state index contributed by atoms with van der Waals surface area (Å²) in [6.45, 7) is 5.10. The molecule has 2 aliphatic rings. The highest BCUT2D eigenvalue weighted by Crippen LogP contribution is 2.35. The predicted octanol–water partition coefficient (Wildman–Crippen LogP) is 3.59. The summed E-state index contributed by atoms with van der Waals surface area (Å²) in [6, 6.07) is 18.7. The van der Waals surface area contributed by atoms with E-state index in [9.17, 15) is 10.1 Å². The Labute approximate surface area is 198 Å². The van der Waals surface area contributed by atoms with Crippen LogP contribution in [-0.2, 0) is 16.1 Å². The normalized spacial score (nSPS) is 21.2. The number of non-ortho nitro benzene ring substituents is 1. The molecule has 9 heteroatoms. The van der Waals surface area contributed by atoms with Crippen molar-refractivity contribution >= 4 is 17.6 Å². The number of hydrogen-bond acceptors (Lipinski definition) is 6. The van der Waals surface area contributed by atoms with Crippen LogP contribution in [0, 0.1) is 10.1 Å². The van der Waals surface area contributed by atoms with Gasteiger partial charge < -0.3 is 10.2 Å². The van der Waals surface area contributed by atoms with Gasteiger partial charge in [-0.05, 0) is 42.7 Å². The fourth-order valence-corrected chi connectivity index (χ4v) is 4.81. The SMILES string of the molecule is O=C(O)C(=O)O.O=[N+]([O-])c1cccc(CN2CCN(C3CCC(c4ccccc4)CC3)CC2)c1. The van der Waals surface area contributed by atoms with Crippen molar-refractivity contribution in [2.24, 2.45) is 0 Å². The Balaban J connectivity index is 0.000000481. The number of benzene rings is 2. The molecular formula is C25H31N3O6. The maximum atomic E-state index is 11.0. The zero-order valence-electron chi connectivity index (χ0n) is 19.1. The van der Waals surface area contributed by atoms with Crippen LogP contribution in [0.5, 0.6) is 0 Å². The quantitative estimate of drug-likeness (QED) is 0.387. The summed E-state index contributed by atoms with van der Waals surface area (Å²) in [4.78, 5) is 33.9. The minimum absolute atomic E-state index is 0.186. The van der Waals surface area contributed by atoms with Gasteiger partial charge in [-0.25, -0.2) is 9.59 Å². The lowest BCUT2D eigenvalue weighted by Gasteiger charge is -2.42. The zero-order chi connectivity index (χ0) is 24.5. The average molecular weight is 470 g/mol. The van der Waals surface area contributed by atoms with Crippen LogP contribution in [0.4, 0.5) is 5.69 Å². The van der Waals surface area contributed by atoms with Crippen molar-refractivity contribution in [2.45, 2.75) is 44.2 Å². The minimum atomic E-state index is -1.82. The van der Waals surface area contributed by atoms with Crippen LogP contribution in [0.25, 0.3) is 0 Å². The van der Waals surface area contributed by atoms with E-state index in [1.54, 1.807) is 18.2 Å². The van der Waals surface area contributed by atoms with E-state index in [0.29, 0.717) is 0 Å². The fourth-order valence-electron chi connectivity index (χ4n) is 4.81. The van der Waals surface area contributed by atoms with Crippen LogP contribution in [0.3, 0.4) is 0 Å². The highest BCUT2D eigenvalue weighted by atomic mass is 16.6. The molecule has 0 aromatic heterocycles. The molecule has 0 amide bonds. The number of nitro benzene ring substituents is 1.